The molecule has 1 fully saturated rings. The van der Waals surface area contributed by atoms with Gasteiger partial charge < -0.3 is 24.8 Å². The van der Waals surface area contributed by atoms with E-state index in [0.717, 1.165) is 31.9 Å². The van der Waals surface area contributed by atoms with E-state index in [-0.39, 0.29) is 6.04 Å². The van der Waals surface area contributed by atoms with Crippen molar-refractivity contribution >= 4 is 29.1 Å². The summed E-state index contributed by atoms with van der Waals surface area (Å²) < 4.78 is 7.26. The van der Waals surface area contributed by atoms with Crippen molar-refractivity contribution in [3.8, 4) is 5.75 Å². The number of amides is 2. The Morgan fingerprint density at radius 3 is 2.50 bits per heavy atom. The van der Waals surface area contributed by atoms with Gasteiger partial charge in [0.1, 0.15) is 5.75 Å². The molecule has 2 aromatic rings. The molecule has 30 heavy (non-hydrogen) atoms. The van der Waals surface area contributed by atoms with Crippen LogP contribution in [0.1, 0.15) is 11.7 Å². The number of anilines is 1. The maximum Gasteiger partial charge on any atom is 0.313 e. The molecule has 2 amide bonds. The topological polar surface area (TPSA) is 78.8 Å². The van der Waals surface area contributed by atoms with Crippen LogP contribution in [-0.4, -0.2) is 73.1 Å². The van der Waals surface area contributed by atoms with Gasteiger partial charge in [-0.15, -0.1) is 0 Å². The average molecular weight is 434 g/mol. The van der Waals surface area contributed by atoms with E-state index in [0.29, 0.717) is 23.0 Å². The molecular weight excluding hydrogens is 406 g/mol. The van der Waals surface area contributed by atoms with Gasteiger partial charge in [0.05, 0.1) is 18.8 Å². The number of benzene rings is 1. The number of aromatic nitrogens is 1. The van der Waals surface area contributed by atoms with Gasteiger partial charge in [-0.25, -0.2) is 0 Å². The lowest BCUT2D eigenvalue weighted by Crippen LogP contribution is -2.49. The van der Waals surface area contributed by atoms with E-state index in [2.05, 4.69) is 27.5 Å². The molecule has 1 atom stereocenters. The number of hydrogen-bond donors (Lipinski definition) is 2. The number of piperazine rings is 1. The predicted molar refractivity (Wildman–Crippen MR) is 117 cm³/mol. The van der Waals surface area contributed by atoms with E-state index in [4.69, 9.17) is 16.3 Å². The van der Waals surface area contributed by atoms with E-state index in [1.807, 2.05) is 29.9 Å². The Bertz CT molecular complexity index is 893. The monoisotopic (exact) mass is 433 g/mol. The van der Waals surface area contributed by atoms with Gasteiger partial charge in [-0.1, -0.05) is 11.6 Å². The van der Waals surface area contributed by atoms with Crippen molar-refractivity contribution in [2.24, 2.45) is 7.05 Å². The van der Waals surface area contributed by atoms with Crippen LogP contribution in [0.15, 0.2) is 36.5 Å². The lowest BCUT2D eigenvalue weighted by molar-refractivity contribution is -0.136. The van der Waals surface area contributed by atoms with E-state index in [1.54, 1.807) is 18.2 Å². The van der Waals surface area contributed by atoms with Gasteiger partial charge >= 0.3 is 11.8 Å². The van der Waals surface area contributed by atoms with Crippen LogP contribution in [-0.2, 0) is 16.6 Å². The number of likely N-dealkylation sites (N-methyl/N-ethyl adjacent to an activating group) is 1. The third kappa shape index (κ3) is 5.33. The Morgan fingerprint density at radius 1 is 1.13 bits per heavy atom. The van der Waals surface area contributed by atoms with Gasteiger partial charge in [-0.05, 0) is 37.4 Å². The number of carbonyl (C=O) groups excluding carboxylic acids is 2. The molecule has 8 nitrogen and oxygen atoms in total. The van der Waals surface area contributed by atoms with Gasteiger partial charge in [0.2, 0.25) is 0 Å². The van der Waals surface area contributed by atoms with Crippen LogP contribution in [0.2, 0.25) is 5.02 Å². The van der Waals surface area contributed by atoms with Crippen molar-refractivity contribution < 1.29 is 14.3 Å². The molecular formula is C21H28ClN5O3. The normalized spacial score (nSPS) is 16.1. The third-order valence-electron chi connectivity index (χ3n) is 5.38. The smallest absolute Gasteiger partial charge is 0.313 e. The molecule has 2 N–H and O–H groups in total. The molecule has 0 bridgehead atoms. The molecule has 9 heteroatoms. The second-order valence-electron chi connectivity index (χ2n) is 7.41. The van der Waals surface area contributed by atoms with Crippen LogP contribution in [0.4, 0.5) is 5.69 Å². The predicted octanol–water partition coefficient (Wildman–Crippen LogP) is 1.73. The van der Waals surface area contributed by atoms with Crippen LogP contribution in [0.25, 0.3) is 0 Å². The number of halogens is 1. The largest absolute Gasteiger partial charge is 0.495 e. The van der Waals surface area contributed by atoms with Gasteiger partial charge in [0, 0.05) is 56.7 Å². The third-order valence-corrected chi connectivity index (χ3v) is 5.61. The number of rotatable bonds is 6. The van der Waals surface area contributed by atoms with Gasteiger partial charge in [-0.2, -0.15) is 0 Å². The van der Waals surface area contributed by atoms with Crippen LogP contribution >= 0.6 is 11.6 Å². The van der Waals surface area contributed by atoms with Crippen molar-refractivity contribution in [2.75, 3.05) is 52.2 Å². The van der Waals surface area contributed by atoms with Crippen LogP contribution in [0, 0.1) is 0 Å². The molecule has 1 unspecified atom stereocenters. The van der Waals surface area contributed by atoms with Gasteiger partial charge in [-0.3, -0.25) is 14.5 Å². The quantitative estimate of drug-likeness (QED) is 0.678. The van der Waals surface area contributed by atoms with E-state index in [1.165, 1.54) is 7.11 Å². The van der Waals surface area contributed by atoms with E-state index >= 15 is 0 Å². The first-order chi connectivity index (χ1) is 14.4. The molecule has 1 aliphatic heterocycles. The van der Waals surface area contributed by atoms with E-state index < -0.39 is 11.8 Å². The summed E-state index contributed by atoms with van der Waals surface area (Å²) in [5.41, 5.74) is 1.44. The van der Waals surface area contributed by atoms with Crippen LogP contribution < -0.4 is 15.4 Å². The molecule has 1 aliphatic rings. The summed E-state index contributed by atoms with van der Waals surface area (Å²) >= 11 is 5.99. The maximum absolute atomic E-state index is 12.5. The molecule has 1 saturated heterocycles. The lowest BCUT2D eigenvalue weighted by atomic mass is 10.1. The van der Waals surface area contributed by atoms with Crippen molar-refractivity contribution in [3.05, 3.63) is 47.2 Å². The summed E-state index contributed by atoms with van der Waals surface area (Å²) in [6.07, 6.45) is 1.98. The average Bonchev–Trinajstić information content (AvgIpc) is 3.15. The first-order valence-electron chi connectivity index (χ1n) is 9.85. The first kappa shape index (κ1) is 22.1. The molecule has 0 aliphatic carbocycles. The molecule has 3 rings (SSSR count). The lowest BCUT2D eigenvalue weighted by Gasteiger charge is -2.38. The zero-order valence-electron chi connectivity index (χ0n) is 17.5. The fourth-order valence-electron chi connectivity index (χ4n) is 3.60. The standard InChI is InChI=1S/C21H28ClN5O3/c1-25-9-11-27(12-10-25)18(17-5-4-8-26(17)2)14-23-20(28)21(29)24-16-13-15(22)6-7-19(16)30-3/h4-8,13,18H,9-12,14H2,1-3H3,(H,23,28)(H,24,29). The Hall–Kier alpha value is -2.55. The Morgan fingerprint density at radius 2 is 1.87 bits per heavy atom. The molecule has 0 radical (unpaired) electrons. The van der Waals surface area contributed by atoms with Gasteiger partial charge in [0.15, 0.2) is 0 Å². The fourth-order valence-corrected chi connectivity index (χ4v) is 3.77. The number of hydrogen-bond acceptors (Lipinski definition) is 5. The summed E-state index contributed by atoms with van der Waals surface area (Å²) in [5.74, 6) is -1.04. The zero-order chi connectivity index (χ0) is 21.7. The second-order valence-corrected chi connectivity index (χ2v) is 7.84. The number of aryl methyl sites for hydroxylation is 1. The second kappa shape index (κ2) is 9.97. The number of nitrogens with one attached hydrogen (secondary N) is 2. The molecule has 0 saturated carbocycles. The summed E-state index contributed by atoms with van der Waals surface area (Å²) in [6.45, 7) is 4.05. The van der Waals surface area contributed by atoms with E-state index in [9.17, 15) is 9.59 Å². The number of ether oxygens (including phenoxy) is 1. The van der Waals surface area contributed by atoms with Crippen molar-refractivity contribution in [3.63, 3.8) is 0 Å². The maximum atomic E-state index is 12.5. The highest BCUT2D eigenvalue weighted by atomic mass is 35.5. The summed E-state index contributed by atoms with van der Waals surface area (Å²) in [4.78, 5) is 29.5. The molecule has 162 valence electrons. The zero-order valence-corrected chi connectivity index (χ0v) is 18.3. The van der Waals surface area contributed by atoms with Crippen LogP contribution in [0.5, 0.6) is 5.75 Å². The Kier molecular flexibility index (Phi) is 7.36. The summed E-state index contributed by atoms with van der Waals surface area (Å²) in [6, 6.07) is 8.84. The molecule has 1 aromatic carbocycles. The van der Waals surface area contributed by atoms with Crippen LogP contribution in [0.3, 0.4) is 0 Å². The molecule has 2 heterocycles. The minimum Gasteiger partial charge on any atom is -0.495 e. The minimum atomic E-state index is -0.764. The Balaban J connectivity index is 1.66. The number of methoxy groups -OCH3 is 1. The molecule has 0 spiro atoms. The summed E-state index contributed by atoms with van der Waals surface area (Å²) in [5, 5.41) is 5.79. The Labute approximate surface area is 181 Å². The van der Waals surface area contributed by atoms with Crippen molar-refractivity contribution in [2.45, 2.75) is 6.04 Å². The highest BCUT2D eigenvalue weighted by molar-refractivity contribution is 6.40. The first-order valence-corrected chi connectivity index (χ1v) is 10.2. The van der Waals surface area contributed by atoms with Gasteiger partial charge in [0.25, 0.3) is 0 Å². The SMILES string of the molecule is COc1ccc(Cl)cc1NC(=O)C(=O)NCC(c1cccn1C)N1CCN(C)CC1. The minimum absolute atomic E-state index is 0.0174. The fraction of sp³-hybridized carbons (Fsp3) is 0.429. The van der Waals surface area contributed by atoms with Crippen molar-refractivity contribution in [1.82, 2.24) is 19.7 Å². The summed E-state index contributed by atoms with van der Waals surface area (Å²) in [7, 11) is 5.57. The highest BCUT2D eigenvalue weighted by Gasteiger charge is 2.27. The number of nitrogens with zero attached hydrogens (tertiary/aromatic N) is 3. The van der Waals surface area contributed by atoms with Crippen molar-refractivity contribution in [1.29, 1.82) is 0 Å². The number of carbonyl (C=O) groups is 2. The highest BCUT2D eigenvalue weighted by Crippen LogP contribution is 2.27. The molecule has 1 aromatic heterocycles.